The fourth-order valence-corrected chi connectivity index (χ4v) is 3.08. The third-order valence-corrected chi connectivity index (χ3v) is 4.14. The smallest absolute Gasteiger partial charge is 0.153 e. The maximum atomic E-state index is 11.4. The average molecular weight is 231 g/mol. The normalized spacial score (nSPS) is 24.7. The number of hydrogen-bond acceptors (Lipinski definition) is 4. The van der Waals surface area contributed by atoms with Crippen LogP contribution < -0.4 is 5.32 Å². The van der Waals surface area contributed by atoms with E-state index in [0.29, 0.717) is 25.8 Å². The molecule has 86 valence electrons. The molecule has 0 aromatic heterocycles. The molecular formula is C10H17NO3S. The van der Waals surface area contributed by atoms with E-state index in [2.05, 4.69) is 11.9 Å². The second-order valence-electron chi connectivity index (χ2n) is 3.84. The van der Waals surface area contributed by atoms with Gasteiger partial charge in [-0.1, -0.05) is 6.08 Å². The van der Waals surface area contributed by atoms with Gasteiger partial charge in [0.2, 0.25) is 0 Å². The van der Waals surface area contributed by atoms with E-state index in [9.17, 15) is 13.2 Å². The Morgan fingerprint density at radius 3 is 2.87 bits per heavy atom. The van der Waals surface area contributed by atoms with Crippen LogP contribution in [0.25, 0.3) is 0 Å². The van der Waals surface area contributed by atoms with Gasteiger partial charge < -0.3 is 5.32 Å². The zero-order valence-corrected chi connectivity index (χ0v) is 9.55. The first-order chi connectivity index (χ1) is 7.03. The second kappa shape index (κ2) is 5.42. The number of nitrogens with one attached hydrogen (secondary N) is 1. The lowest BCUT2D eigenvalue weighted by atomic mass is 10.1. The number of hydrogen-bond donors (Lipinski definition) is 1. The van der Waals surface area contributed by atoms with E-state index in [4.69, 9.17) is 0 Å². The van der Waals surface area contributed by atoms with Crippen molar-refractivity contribution in [2.75, 3.05) is 18.1 Å². The summed E-state index contributed by atoms with van der Waals surface area (Å²) in [4.78, 5) is 11.4. The van der Waals surface area contributed by atoms with Crippen molar-refractivity contribution in [3.8, 4) is 0 Å². The zero-order chi connectivity index (χ0) is 11.3. The van der Waals surface area contributed by atoms with E-state index in [-0.39, 0.29) is 23.3 Å². The fraction of sp³-hybridized carbons (Fsp3) is 0.700. The third-order valence-electron chi connectivity index (χ3n) is 2.40. The summed E-state index contributed by atoms with van der Waals surface area (Å²) in [6.07, 6.45) is 3.13. The summed E-state index contributed by atoms with van der Waals surface area (Å²) >= 11 is 0. The predicted octanol–water partition coefficient (Wildman–Crippen LogP) is 0.298. The maximum Gasteiger partial charge on any atom is 0.153 e. The van der Waals surface area contributed by atoms with Crippen LogP contribution in [0.1, 0.15) is 19.3 Å². The summed E-state index contributed by atoms with van der Waals surface area (Å²) in [6.45, 7) is 4.00. The Bertz CT molecular complexity index is 335. The van der Waals surface area contributed by atoms with Gasteiger partial charge in [-0.2, -0.15) is 0 Å². The van der Waals surface area contributed by atoms with E-state index in [1.807, 2.05) is 0 Å². The molecule has 4 nitrogen and oxygen atoms in total. The lowest BCUT2D eigenvalue weighted by molar-refractivity contribution is -0.119. The number of allylic oxidation sites excluding steroid dienone is 1. The molecule has 1 atom stereocenters. The molecule has 1 rings (SSSR count). The predicted molar refractivity (Wildman–Crippen MR) is 59.5 cm³/mol. The van der Waals surface area contributed by atoms with Gasteiger partial charge in [-0.3, -0.25) is 4.79 Å². The van der Waals surface area contributed by atoms with Gasteiger partial charge in [-0.05, 0) is 6.42 Å². The van der Waals surface area contributed by atoms with E-state index >= 15 is 0 Å². The average Bonchev–Trinajstić information content (AvgIpc) is 2.13. The van der Waals surface area contributed by atoms with E-state index in [1.165, 1.54) is 0 Å². The van der Waals surface area contributed by atoms with Gasteiger partial charge in [-0.15, -0.1) is 6.58 Å². The second-order valence-corrected chi connectivity index (χ2v) is 6.06. The lowest BCUT2D eigenvalue weighted by Crippen LogP contribution is -2.45. The Kier molecular flexibility index (Phi) is 4.47. The number of Topliss-reactive ketones (excluding diaryl/α,β-unsaturated/α-hetero) is 1. The molecular weight excluding hydrogens is 214 g/mol. The molecule has 0 spiro atoms. The number of sulfone groups is 1. The SMILES string of the molecule is C=CCCC(=O)CC1CS(=O)(=O)CCN1. The van der Waals surface area contributed by atoms with Gasteiger partial charge in [0.25, 0.3) is 0 Å². The Hall–Kier alpha value is -0.680. The molecule has 0 bridgehead atoms. The highest BCUT2D eigenvalue weighted by molar-refractivity contribution is 7.91. The Morgan fingerprint density at radius 1 is 1.53 bits per heavy atom. The first kappa shape index (κ1) is 12.4. The molecule has 0 aromatic carbocycles. The first-order valence-electron chi connectivity index (χ1n) is 5.10. The highest BCUT2D eigenvalue weighted by atomic mass is 32.2. The van der Waals surface area contributed by atoms with Crippen LogP contribution in [0.4, 0.5) is 0 Å². The van der Waals surface area contributed by atoms with Crippen LogP contribution in [0.3, 0.4) is 0 Å². The molecule has 1 heterocycles. The number of ketones is 1. The number of carbonyl (C=O) groups excluding carboxylic acids is 1. The van der Waals surface area contributed by atoms with Crippen molar-refractivity contribution in [1.82, 2.24) is 5.32 Å². The molecule has 1 aliphatic rings. The molecule has 1 aliphatic heterocycles. The van der Waals surface area contributed by atoms with Crippen molar-refractivity contribution in [3.63, 3.8) is 0 Å². The van der Waals surface area contributed by atoms with Crippen molar-refractivity contribution in [2.45, 2.75) is 25.3 Å². The van der Waals surface area contributed by atoms with Crippen molar-refractivity contribution in [1.29, 1.82) is 0 Å². The Balaban J connectivity index is 2.38. The van der Waals surface area contributed by atoms with Gasteiger partial charge in [0, 0.05) is 25.4 Å². The molecule has 1 unspecified atom stereocenters. The van der Waals surface area contributed by atoms with Gasteiger partial charge in [-0.25, -0.2) is 8.42 Å². The standard InChI is InChI=1S/C10H17NO3S/c1-2-3-4-10(12)7-9-8-15(13,14)6-5-11-9/h2,9,11H,1,3-8H2. The largest absolute Gasteiger partial charge is 0.312 e. The molecule has 15 heavy (non-hydrogen) atoms. The van der Waals surface area contributed by atoms with Crippen LogP contribution in [0.2, 0.25) is 0 Å². The van der Waals surface area contributed by atoms with E-state index in [1.54, 1.807) is 6.08 Å². The minimum Gasteiger partial charge on any atom is -0.312 e. The molecule has 0 radical (unpaired) electrons. The molecule has 0 amide bonds. The van der Waals surface area contributed by atoms with Crippen LogP contribution in [-0.2, 0) is 14.6 Å². The zero-order valence-electron chi connectivity index (χ0n) is 8.74. The fourth-order valence-electron chi connectivity index (χ4n) is 1.64. The Labute approximate surface area is 90.7 Å². The van der Waals surface area contributed by atoms with Gasteiger partial charge in [0.05, 0.1) is 11.5 Å². The lowest BCUT2D eigenvalue weighted by Gasteiger charge is -2.22. The van der Waals surface area contributed by atoms with Crippen LogP contribution in [0, 0.1) is 0 Å². The summed E-state index contributed by atoms with van der Waals surface area (Å²) in [7, 11) is -2.93. The molecule has 0 aliphatic carbocycles. The number of rotatable bonds is 5. The quantitative estimate of drug-likeness (QED) is 0.691. The molecule has 0 aromatic rings. The first-order valence-corrected chi connectivity index (χ1v) is 6.92. The summed E-state index contributed by atoms with van der Waals surface area (Å²) in [6, 6.07) is -0.193. The van der Waals surface area contributed by atoms with Crippen molar-refractivity contribution >= 4 is 15.6 Å². The highest BCUT2D eigenvalue weighted by Gasteiger charge is 2.25. The van der Waals surface area contributed by atoms with Crippen LogP contribution in [-0.4, -0.2) is 38.3 Å². The van der Waals surface area contributed by atoms with Crippen molar-refractivity contribution < 1.29 is 13.2 Å². The van der Waals surface area contributed by atoms with Gasteiger partial charge in [0.1, 0.15) is 5.78 Å². The number of carbonyl (C=O) groups is 1. The summed E-state index contributed by atoms with van der Waals surface area (Å²) in [5.74, 6) is 0.376. The highest BCUT2D eigenvalue weighted by Crippen LogP contribution is 2.07. The molecule has 1 N–H and O–H groups in total. The van der Waals surface area contributed by atoms with Crippen molar-refractivity contribution in [3.05, 3.63) is 12.7 Å². The monoisotopic (exact) mass is 231 g/mol. The molecule has 1 fully saturated rings. The van der Waals surface area contributed by atoms with Gasteiger partial charge in [0.15, 0.2) is 9.84 Å². The molecule has 0 saturated carbocycles. The topological polar surface area (TPSA) is 63.2 Å². The third kappa shape index (κ3) is 4.57. The maximum absolute atomic E-state index is 11.4. The van der Waals surface area contributed by atoms with E-state index in [0.717, 1.165) is 0 Å². The van der Waals surface area contributed by atoms with Gasteiger partial charge >= 0.3 is 0 Å². The van der Waals surface area contributed by atoms with Crippen molar-refractivity contribution in [2.24, 2.45) is 0 Å². The Morgan fingerprint density at radius 2 is 2.27 bits per heavy atom. The summed E-state index contributed by atoms with van der Waals surface area (Å²) in [5.41, 5.74) is 0. The van der Waals surface area contributed by atoms with Crippen LogP contribution in [0.15, 0.2) is 12.7 Å². The molecule has 5 heteroatoms. The summed E-state index contributed by atoms with van der Waals surface area (Å²) in [5, 5.41) is 3.06. The summed E-state index contributed by atoms with van der Waals surface area (Å²) < 4.78 is 22.6. The minimum atomic E-state index is -2.93. The molecule has 1 saturated heterocycles. The van der Waals surface area contributed by atoms with Crippen LogP contribution >= 0.6 is 0 Å². The van der Waals surface area contributed by atoms with E-state index < -0.39 is 9.84 Å². The van der Waals surface area contributed by atoms with Crippen LogP contribution in [0.5, 0.6) is 0 Å². The minimum absolute atomic E-state index is 0.0901.